The maximum atomic E-state index is 13.9. The van der Waals surface area contributed by atoms with Crippen LogP contribution in [0.25, 0.3) is 0 Å². The molecule has 126 valence electrons. The molecule has 0 amide bonds. The maximum absolute atomic E-state index is 13.9. The summed E-state index contributed by atoms with van der Waals surface area (Å²) in [4.78, 5) is 22.9. The lowest BCUT2D eigenvalue weighted by Gasteiger charge is -2.34. The fourth-order valence-electron chi connectivity index (χ4n) is 3.14. The molecule has 0 spiro atoms. The molecule has 3 rings (SSSR count). The summed E-state index contributed by atoms with van der Waals surface area (Å²) in [5.41, 5.74) is 1.70. The highest BCUT2D eigenvalue weighted by molar-refractivity contribution is 9.10. The smallest absolute Gasteiger partial charge is 0.188 e. The number of pyridine rings is 2. The Bertz CT molecular complexity index is 753. The molecular formula is C18H19BrFN3O. The highest BCUT2D eigenvalue weighted by Crippen LogP contribution is 2.26. The van der Waals surface area contributed by atoms with Gasteiger partial charge in [0.2, 0.25) is 0 Å². The summed E-state index contributed by atoms with van der Waals surface area (Å²) in [6.45, 7) is 4.17. The Balaban J connectivity index is 1.85. The van der Waals surface area contributed by atoms with Crippen LogP contribution in [0.1, 0.15) is 35.8 Å². The molecule has 0 unspecified atom stereocenters. The van der Waals surface area contributed by atoms with Crippen LogP contribution in [0.3, 0.4) is 0 Å². The fourth-order valence-corrected chi connectivity index (χ4v) is 3.45. The molecule has 1 saturated heterocycles. The van der Waals surface area contributed by atoms with Crippen molar-refractivity contribution in [1.82, 2.24) is 9.97 Å². The SMILES string of the molecule is C[C@H]1CCCN(c2ccncc2CC(=O)c2nc(Br)ccc2F)C1. The molecule has 0 saturated carbocycles. The Kier molecular flexibility index (Phi) is 5.23. The number of piperidine rings is 1. The van der Waals surface area contributed by atoms with Gasteiger partial charge < -0.3 is 4.90 Å². The zero-order valence-electron chi connectivity index (χ0n) is 13.5. The van der Waals surface area contributed by atoms with Gasteiger partial charge in [-0.3, -0.25) is 9.78 Å². The molecular weight excluding hydrogens is 373 g/mol. The minimum absolute atomic E-state index is 0.0917. The molecule has 0 bridgehead atoms. The highest BCUT2D eigenvalue weighted by atomic mass is 79.9. The number of hydrogen-bond donors (Lipinski definition) is 0. The zero-order chi connectivity index (χ0) is 17.1. The van der Waals surface area contributed by atoms with Gasteiger partial charge in [0, 0.05) is 43.2 Å². The Morgan fingerprint density at radius 3 is 3.04 bits per heavy atom. The van der Waals surface area contributed by atoms with Crippen molar-refractivity contribution >= 4 is 27.4 Å². The maximum Gasteiger partial charge on any atom is 0.188 e. The van der Waals surface area contributed by atoms with Gasteiger partial charge in [-0.15, -0.1) is 0 Å². The molecule has 6 heteroatoms. The van der Waals surface area contributed by atoms with Crippen LogP contribution in [0.4, 0.5) is 10.1 Å². The van der Waals surface area contributed by atoms with E-state index in [9.17, 15) is 9.18 Å². The van der Waals surface area contributed by atoms with Gasteiger partial charge in [0.1, 0.15) is 10.3 Å². The third-order valence-corrected chi connectivity index (χ3v) is 4.74. The summed E-state index contributed by atoms with van der Waals surface area (Å²) in [6, 6.07) is 4.67. The summed E-state index contributed by atoms with van der Waals surface area (Å²) in [7, 11) is 0. The standard InChI is InChI=1S/C18H19BrFN3O/c1-12-3-2-8-23(11-12)15-6-7-21-10-13(15)9-16(24)18-14(20)4-5-17(19)22-18/h4-7,10,12H,2-3,8-9,11H2,1H3/t12-/m0/s1. The molecule has 1 fully saturated rings. The highest BCUT2D eigenvalue weighted by Gasteiger charge is 2.21. The topological polar surface area (TPSA) is 46.1 Å². The lowest BCUT2D eigenvalue weighted by molar-refractivity contribution is 0.0983. The number of ketones is 1. The predicted molar refractivity (Wildman–Crippen MR) is 94.8 cm³/mol. The first kappa shape index (κ1) is 17.0. The minimum atomic E-state index is -0.597. The van der Waals surface area contributed by atoms with Gasteiger partial charge in [-0.2, -0.15) is 0 Å². The molecule has 0 N–H and O–H groups in total. The minimum Gasteiger partial charge on any atom is -0.371 e. The van der Waals surface area contributed by atoms with E-state index >= 15 is 0 Å². The van der Waals surface area contributed by atoms with Gasteiger partial charge in [-0.1, -0.05) is 6.92 Å². The summed E-state index contributed by atoms with van der Waals surface area (Å²) >= 11 is 3.18. The molecule has 2 aromatic heterocycles. The number of nitrogens with zero attached hydrogens (tertiary/aromatic N) is 3. The van der Waals surface area contributed by atoms with E-state index in [2.05, 4.69) is 37.7 Å². The summed E-state index contributed by atoms with van der Waals surface area (Å²) < 4.78 is 14.3. The monoisotopic (exact) mass is 391 g/mol. The number of aromatic nitrogens is 2. The summed E-state index contributed by atoms with van der Waals surface area (Å²) in [5, 5.41) is 0. The van der Waals surface area contributed by atoms with Crippen LogP contribution in [0.2, 0.25) is 0 Å². The zero-order valence-corrected chi connectivity index (χ0v) is 15.1. The first-order valence-electron chi connectivity index (χ1n) is 8.07. The quantitative estimate of drug-likeness (QED) is 0.582. The number of anilines is 1. The average Bonchev–Trinajstić information content (AvgIpc) is 2.57. The molecule has 0 aliphatic carbocycles. The number of carbonyl (C=O) groups is 1. The van der Waals surface area contributed by atoms with Gasteiger partial charge >= 0.3 is 0 Å². The lowest BCUT2D eigenvalue weighted by atomic mass is 9.98. The van der Waals surface area contributed by atoms with Crippen LogP contribution in [0, 0.1) is 11.7 Å². The second-order valence-corrected chi connectivity index (χ2v) is 7.07. The number of carbonyl (C=O) groups excluding carboxylic acids is 1. The fraction of sp³-hybridized carbons (Fsp3) is 0.389. The van der Waals surface area contributed by atoms with Gasteiger partial charge in [-0.05, 0) is 52.9 Å². The van der Waals surface area contributed by atoms with Crippen LogP contribution in [0.15, 0.2) is 35.2 Å². The third kappa shape index (κ3) is 3.80. The number of Topliss-reactive ketones (excluding diaryl/α,β-unsaturated/α-hetero) is 1. The van der Waals surface area contributed by atoms with Crippen molar-refractivity contribution in [3.05, 3.63) is 52.3 Å². The third-order valence-electron chi connectivity index (χ3n) is 4.30. The van der Waals surface area contributed by atoms with Crippen molar-refractivity contribution in [3.8, 4) is 0 Å². The second kappa shape index (κ2) is 7.38. The largest absolute Gasteiger partial charge is 0.371 e. The molecule has 24 heavy (non-hydrogen) atoms. The van der Waals surface area contributed by atoms with E-state index in [-0.39, 0.29) is 17.9 Å². The molecule has 2 aromatic rings. The average molecular weight is 392 g/mol. The molecule has 1 atom stereocenters. The number of rotatable bonds is 4. The van der Waals surface area contributed by atoms with Gasteiger partial charge in [0.25, 0.3) is 0 Å². The Labute approximate surface area is 149 Å². The summed E-state index contributed by atoms with van der Waals surface area (Å²) in [6.07, 6.45) is 5.89. The van der Waals surface area contributed by atoms with Crippen molar-refractivity contribution in [2.45, 2.75) is 26.2 Å². The molecule has 0 aromatic carbocycles. The van der Waals surface area contributed by atoms with Crippen molar-refractivity contribution in [2.75, 3.05) is 18.0 Å². The Hall–Kier alpha value is -1.82. The van der Waals surface area contributed by atoms with Crippen LogP contribution < -0.4 is 4.90 Å². The van der Waals surface area contributed by atoms with E-state index in [1.807, 2.05) is 6.07 Å². The van der Waals surface area contributed by atoms with E-state index in [4.69, 9.17) is 0 Å². The van der Waals surface area contributed by atoms with Crippen molar-refractivity contribution in [2.24, 2.45) is 5.92 Å². The van der Waals surface area contributed by atoms with Crippen LogP contribution in [-0.4, -0.2) is 28.8 Å². The van der Waals surface area contributed by atoms with E-state index in [0.717, 1.165) is 30.8 Å². The van der Waals surface area contributed by atoms with Gasteiger partial charge in [0.05, 0.1) is 0 Å². The van der Waals surface area contributed by atoms with Crippen molar-refractivity contribution < 1.29 is 9.18 Å². The van der Waals surface area contributed by atoms with Crippen LogP contribution in [-0.2, 0) is 6.42 Å². The van der Waals surface area contributed by atoms with Crippen LogP contribution in [0.5, 0.6) is 0 Å². The van der Waals surface area contributed by atoms with E-state index < -0.39 is 5.82 Å². The number of halogens is 2. The number of hydrogen-bond acceptors (Lipinski definition) is 4. The Morgan fingerprint density at radius 2 is 2.25 bits per heavy atom. The Morgan fingerprint density at radius 1 is 1.42 bits per heavy atom. The molecule has 3 heterocycles. The van der Waals surface area contributed by atoms with Crippen molar-refractivity contribution in [1.29, 1.82) is 0 Å². The van der Waals surface area contributed by atoms with E-state index in [1.54, 1.807) is 12.4 Å². The first-order valence-corrected chi connectivity index (χ1v) is 8.87. The van der Waals surface area contributed by atoms with Gasteiger partial charge in [-0.25, -0.2) is 9.37 Å². The molecule has 4 nitrogen and oxygen atoms in total. The summed E-state index contributed by atoms with van der Waals surface area (Å²) in [5.74, 6) is -0.312. The van der Waals surface area contributed by atoms with Crippen molar-refractivity contribution in [3.63, 3.8) is 0 Å². The second-order valence-electron chi connectivity index (χ2n) is 6.26. The first-order chi connectivity index (χ1) is 11.5. The normalized spacial score (nSPS) is 17.8. The van der Waals surface area contributed by atoms with E-state index in [0.29, 0.717) is 10.5 Å². The van der Waals surface area contributed by atoms with Crippen LogP contribution >= 0.6 is 15.9 Å². The van der Waals surface area contributed by atoms with E-state index in [1.165, 1.54) is 18.6 Å². The lowest BCUT2D eigenvalue weighted by Crippen LogP contribution is -2.35. The van der Waals surface area contributed by atoms with Gasteiger partial charge in [0.15, 0.2) is 11.6 Å². The predicted octanol–water partition coefficient (Wildman–Crippen LogP) is 4.04. The molecule has 0 radical (unpaired) electrons. The molecule has 1 aliphatic rings. The molecule has 1 aliphatic heterocycles.